The van der Waals surface area contributed by atoms with Crippen LogP contribution in [0.25, 0.3) is 0 Å². The van der Waals surface area contributed by atoms with Crippen molar-refractivity contribution in [2.24, 2.45) is 0 Å². The molecule has 0 bridgehead atoms. The van der Waals surface area contributed by atoms with Gasteiger partial charge in [0.05, 0.1) is 4.47 Å². The Balaban J connectivity index is 2.55. The Morgan fingerprint density at radius 2 is 1.60 bits per heavy atom. The summed E-state index contributed by atoms with van der Waals surface area (Å²) in [6.45, 7) is 6.24. The van der Waals surface area contributed by atoms with Crippen LogP contribution in [0.4, 0.5) is 4.39 Å². The summed E-state index contributed by atoms with van der Waals surface area (Å²) in [5.74, 6) is -0.413. The van der Waals surface area contributed by atoms with Gasteiger partial charge < -0.3 is 5.11 Å². The average molecular weight is 337 g/mol. The van der Waals surface area contributed by atoms with E-state index >= 15 is 0 Å². The van der Waals surface area contributed by atoms with Crippen LogP contribution in [0, 0.1) is 5.82 Å². The van der Waals surface area contributed by atoms with E-state index in [9.17, 15) is 9.50 Å². The fourth-order valence-electron chi connectivity index (χ4n) is 2.32. The number of benzene rings is 2. The van der Waals surface area contributed by atoms with Crippen molar-refractivity contribution in [3.8, 4) is 0 Å². The highest BCUT2D eigenvalue weighted by molar-refractivity contribution is 9.10. The second-order valence-corrected chi connectivity index (χ2v) is 6.74. The summed E-state index contributed by atoms with van der Waals surface area (Å²) < 4.78 is 14.5. The van der Waals surface area contributed by atoms with Crippen LogP contribution in [-0.2, 0) is 5.41 Å². The first-order valence-corrected chi connectivity index (χ1v) is 7.33. The molecule has 2 aromatic carbocycles. The molecule has 0 aliphatic heterocycles. The number of hydrogen-bond donors (Lipinski definition) is 1. The second-order valence-electron chi connectivity index (χ2n) is 5.88. The minimum atomic E-state index is -0.970. The molecule has 0 saturated carbocycles. The summed E-state index contributed by atoms with van der Waals surface area (Å²) in [5, 5.41) is 10.6. The van der Waals surface area contributed by atoms with E-state index in [1.807, 2.05) is 24.3 Å². The van der Waals surface area contributed by atoms with Crippen LogP contribution in [0.2, 0.25) is 0 Å². The molecule has 106 valence electrons. The number of rotatable bonds is 2. The molecular formula is C17H18BrFO. The molecule has 2 aromatic rings. The molecule has 0 fully saturated rings. The monoisotopic (exact) mass is 336 g/mol. The maximum Gasteiger partial charge on any atom is 0.143 e. The van der Waals surface area contributed by atoms with E-state index in [1.165, 1.54) is 0 Å². The first-order valence-electron chi connectivity index (χ1n) is 6.53. The number of aliphatic hydroxyl groups is 1. The van der Waals surface area contributed by atoms with E-state index < -0.39 is 11.9 Å². The van der Waals surface area contributed by atoms with Gasteiger partial charge in [0.25, 0.3) is 0 Å². The maximum absolute atomic E-state index is 14.2. The lowest BCUT2D eigenvalue weighted by atomic mass is 9.81. The summed E-state index contributed by atoms with van der Waals surface area (Å²) in [6, 6.07) is 12.6. The van der Waals surface area contributed by atoms with Gasteiger partial charge >= 0.3 is 0 Å². The van der Waals surface area contributed by atoms with Gasteiger partial charge in [0, 0.05) is 5.56 Å². The smallest absolute Gasteiger partial charge is 0.143 e. The van der Waals surface area contributed by atoms with Crippen molar-refractivity contribution in [1.82, 2.24) is 0 Å². The number of aliphatic hydroxyl groups excluding tert-OH is 1. The fourth-order valence-corrected chi connectivity index (χ4v) is 2.70. The van der Waals surface area contributed by atoms with Crippen molar-refractivity contribution >= 4 is 15.9 Å². The van der Waals surface area contributed by atoms with Gasteiger partial charge in [-0.25, -0.2) is 4.39 Å². The van der Waals surface area contributed by atoms with Gasteiger partial charge in [-0.3, -0.25) is 0 Å². The highest BCUT2D eigenvalue weighted by atomic mass is 79.9. The lowest BCUT2D eigenvalue weighted by molar-refractivity contribution is 0.212. The molecule has 0 heterocycles. The molecule has 1 unspecified atom stereocenters. The third kappa shape index (κ3) is 2.94. The Bertz CT molecular complexity index is 617. The highest BCUT2D eigenvalue weighted by Crippen LogP contribution is 2.34. The Morgan fingerprint density at radius 1 is 1.00 bits per heavy atom. The molecule has 1 N–H and O–H groups in total. The Morgan fingerprint density at radius 3 is 2.25 bits per heavy atom. The van der Waals surface area contributed by atoms with Gasteiger partial charge in [0.1, 0.15) is 11.9 Å². The van der Waals surface area contributed by atoms with E-state index in [2.05, 4.69) is 36.7 Å². The topological polar surface area (TPSA) is 20.2 Å². The van der Waals surface area contributed by atoms with Crippen LogP contribution in [0.5, 0.6) is 0 Å². The van der Waals surface area contributed by atoms with Gasteiger partial charge in [-0.2, -0.15) is 0 Å². The van der Waals surface area contributed by atoms with Gasteiger partial charge in [-0.05, 0) is 38.5 Å². The zero-order chi connectivity index (χ0) is 14.9. The quantitative estimate of drug-likeness (QED) is 0.821. The van der Waals surface area contributed by atoms with Crippen LogP contribution in [0.1, 0.15) is 43.6 Å². The molecule has 3 heteroatoms. The zero-order valence-electron chi connectivity index (χ0n) is 11.8. The standard InChI is InChI=1S/C17H18BrFO/c1-17(2,3)13-9-5-4-7-11(13)16(20)12-8-6-10-14(18)15(12)19/h4-10,16,20H,1-3H3. The SMILES string of the molecule is CC(C)(C)c1ccccc1C(O)c1cccc(Br)c1F. The molecule has 20 heavy (non-hydrogen) atoms. The van der Waals surface area contributed by atoms with Gasteiger partial charge in [-0.1, -0.05) is 57.2 Å². The minimum absolute atomic E-state index is 0.111. The number of hydrogen-bond acceptors (Lipinski definition) is 1. The predicted octanol–water partition coefficient (Wildman–Crippen LogP) is 4.97. The molecular weight excluding hydrogens is 319 g/mol. The molecule has 0 aliphatic rings. The lowest BCUT2D eigenvalue weighted by Gasteiger charge is -2.25. The lowest BCUT2D eigenvalue weighted by Crippen LogP contribution is -2.17. The fraction of sp³-hybridized carbons (Fsp3) is 0.294. The molecule has 0 saturated heterocycles. The molecule has 0 aromatic heterocycles. The Kier molecular flexibility index (Phi) is 4.31. The highest BCUT2D eigenvalue weighted by Gasteiger charge is 2.24. The average Bonchev–Trinajstić information content (AvgIpc) is 2.40. The van der Waals surface area contributed by atoms with Crippen molar-refractivity contribution in [2.75, 3.05) is 0 Å². The van der Waals surface area contributed by atoms with E-state index in [0.29, 0.717) is 4.47 Å². The summed E-state index contributed by atoms with van der Waals surface area (Å²) >= 11 is 3.16. The maximum atomic E-state index is 14.2. The number of halogens is 2. The van der Waals surface area contributed by atoms with Crippen molar-refractivity contribution in [3.63, 3.8) is 0 Å². The van der Waals surface area contributed by atoms with E-state index in [-0.39, 0.29) is 11.0 Å². The summed E-state index contributed by atoms with van der Waals surface area (Å²) in [5.41, 5.74) is 1.94. The van der Waals surface area contributed by atoms with Crippen molar-refractivity contribution in [2.45, 2.75) is 32.3 Å². The third-order valence-electron chi connectivity index (χ3n) is 3.34. The van der Waals surface area contributed by atoms with Crippen LogP contribution in [-0.4, -0.2) is 5.11 Å². The first-order chi connectivity index (χ1) is 9.32. The van der Waals surface area contributed by atoms with Gasteiger partial charge in [0.15, 0.2) is 0 Å². The first kappa shape index (κ1) is 15.2. The molecule has 0 amide bonds. The predicted molar refractivity (Wildman–Crippen MR) is 83.3 cm³/mol. The molecule has 2 rings (SSSR count). The van der Waals surface area contributed by atoms with Crippen LogP contribution >= 0.6 is 15.9 Å². The van der Waals surface area contributed by atoms with Gasteiger partial charge in [-0.15, -0.1) is 0 Å². The van der Waals surface area contributed by atoms with Crippen molar-refractivity contribution in [1.29, 1.82) is 0 Å². The summed E-state index contributed by atoms with van der Waals surface area (Å²) in [6.07, 6.45) is -0.970. The summed E-state index contributed by atoms with van der Waals surface area (Å²) in [7, 11) is 0. The minimum Gasteiger partial charge on any atom is -0.384 e. The van der Waals surface area contributed by atoms with Crippen LogP contribution < -0.4 is 0 Å². The Hall–Kier alpha value is -1.19. The summed E-state index contributed by atoms with van der Waals surface area (Å²) in [4.78, 5) is 0. The largest absolute Gasteiger partial charge is 0.384 e. The van der Waals surface area contributed by atoms with Crippen LogP contribution in [0.3, 0.4) is 0 Å². The Labute approximate surface area is 127 Å². The molecule has 1 atom stereocenters. The molecule has 1 nitrogen and oxygen atoms in total. The van der Waals surface area contributed by atoms with Crippen LogP contribution in [0.15, 0.2) is 46.9 Å². The zero-order valence-corrected chi connectivity index (χ0v) is 13.4. The van der Waals surface area contributed by atoms with E-state index in [0.717, 1.165) is 11.1 Å². The molecule has 0 radical (unpaired) electrons. The van der Waals surface area contributed by atoms with E-state index in [1.54, 1.807) is 18.2 Å². The molecule has 0 spiro atoms. The molecule has 0 aliphatic carbocycles. The van der Waals surface area contributed by atoms with Crippen molar-refractivity contribution in [3.05, 3.63) is 69.4 Å². The van der Waals surface area contributed by atoms with Crippen molar-refractivity contribution < 1.29 is 9.50 Å². The van der Waals surface area contributed by atoms with Gasteiger partial charge in [0.2, 0.25) is 0 Å². The normalized spacial score (nSPS) is 13.3. The second kappa shape index (κ2) is 5.66. The third-order valence-corrected chi connectivity index (χ3v) is 3.95. The van der Waals surface area contributed by atoms with E-state index in [4.69, 9.17) is 0 Å².